The Hall–Kier alpha value is -1.39. The maximum absolute atomic E-state index is 13.5. The number of halogens is 4. The zero-order valence-electron chi connectivity index (χ0n) is 8.35. The normalized spacial score (nSPS) is 10.6. The lowest BCUT2D eigenvalue weighted by atomic mass is 10.1. The highest BCUT2D eigenvalue weighted by Gasteiger charge is 2.14. The van der Waals surface area contributed by atoms with Crippen LogP contribution in [0.25, 0.3) is 11.3 Å². The number of hydrogen-bond donors (Lipinski definition) is 1. The summed E-state index contributed by atoms with van der Waals surface area (Å²) >= 11 is 11.6. The Morgan fingerprint density at radius 2 is 1.76 bits per heavy atom. The van der Waals surface area contributed by atoms with Crippen molar-refractivity contribution >= 4 is 29.0 Å². The second kappa shape index (κ2) is 4.47. The fraction of sp³-hybridized carbons (Fsp3) is 0. The van der Waals surface area contributed by atoms with Crippen LogP contribution < -0.4 is 5.73 Å². The van der Waals surface area contributed by atoms with E-state index in [-0.39, 0.29) is 27.1 Å². The van der Waals surface area contributed by atoms with Gasteiger partial charge in [-0.15, -0.1) is 0 Å². The maximum Gasteiger partial charge on any atom is 0.143 e. The number of nitrogens with zero attached hydrogens (tertiary/aromatic N) is 1. The van der Waals surface area contributed by atoms with Crippen molar-refractivity contribution in [3.05, 3.63) is 45.9 Å². The van der Waals surface area contributed by atoms with Crippen LogP contribution in [0.2, 0.25) is 10.0 Å². The molecule has 2 N–H and O–H groups in total. The SMILES string of the molecule is Nc1nc(-c2cc(F)ccc2F)c(Cl)cc1Cl. The van der Waals surface area contributed by atoms with Crippen molar-refractivity contribution in [1.82, 2.24) is 4.98 Å². The summed E-state index contributed by atoms with van der Waals surface area (Å²) in [6.07, 6.45) is 0. The second-order valence-corrected chi connectivity index (χ2v) is 4.12. The minimum atomic E-state index is -0.637. The van der Waals surface area contributed by atoms with Crippen LogP contribution >= 0.6 is 23.2 Å². The molecule has 0 aliphatic rings. The molecule has 0 saturated carbocycles. The summed E-state index contributed by atoms with van der Waals surface area (Å²) in [4.78, 5) is 3.85. The lowest BCUT2D eigenvalue weighted by Gasteiger charge is -2.07. The average molecular weight is 275 g/mol. The van der Waals surface area contributed by atoms with Crippen LogP contribution in [0, 0.1) is 11.6 Å². The first kappa shape index (κ1) is 12.1. The van der Waals surface area contributed by atoms with Crippen LogP contribution in [0.1, 0.15) is 0 Å². The van der Waals surface area contributed by atoms with Crippen LogP contribution in [0.4, 0.5) is 14.6 Å². The number of benzene rings is 1. The van der Waals surface area contributed by atoms with Crippen molar-refractivity contribution in [2.24, 2.45) is 0 Å². The van der Waals surface area contributed by atoms with E-state index < -0.39 is 11.6 Å². The van der Waals surface area contributed by atoms with Crippen LogP contribution in [-0.4, -0.2) is 4.98 Å². The first-order chi connectivity index (χ1) is 7.99. The first-order valence-electron chi connectivity index (χ1n) is 4.56. The Labute approximate surface area is 106 Å². The van der Waals surface area contributed by atoms with Gasteiger partial charge in [-0.3, -0.25) is 0 Å². The van der Waals surface area contributed by atoms with Crippen molar-refractivity contribution < 1.29 is 8.78 Å². The standard InChI is InChI=1S/C11H6Cl2F2N2/c12-7-4-8(13)11(16)17-10(7)6-3-5(14)1-2-9(6)15/h1-4H,(H2,16,17). The molecule has 0 bridgehead atoms. The summed E-state index contributed by atoms with van der Waals surface area (Å²) in [6, 6.07) is 4.33. The molecule has 2 nitrogen and oxygen atoms in total. The molecule has 0 aliphatic carbocycles. The Morgan fingerprint density at radius 3 is 2.47 bits per heavy atom. The topological polar surface area (TPSA) is 38.9 Å². The number of nitrogens with two attached hydrogens (primary N) is 1. The van der Waals surface area contributed by atoms with E-state index >= 15 is 0 Å². The number of hydrogen-bond acceptors (Lipinski definition) is 2. The van der Waals surface area contributed by atoms with Crippen LogP contribution in [0.15, 0.2) is 24.3 Å². The van der Waals surface area contributed by atoms with E-state index in [9.17, 15) is 8.78 Å². The molecule has 0 atom stereocenters. The monoisotopic (exact) mass is 274 g/mol. The van der Waals surface area contributed by atoms with Gasteiger partial charge in [0.2, 0.25) is 0 Å². The first-order valence-corrected chi connectivity index (χ1v) is 5.31. The molecular formula is C11H6Cl2F2N2. The van der Waals surface area contributed by atoms with E-state index in [1.807, 2.05) is 0 Å². The van der Waals surface area contributed by atoms with Gasteiger partial charge in [-0.2, -0.15) is 0 Å². The molecule has 1 heterocycles. The highest BCUT2D eigenvalue weighted by molar-refractivity contribution is 6.37. The molecule has 17 heavy (non-hydrogen) atoms. The molecule has 1 aromatic heterocycles. The van der Waals surface area contributed by atoms with Crippen molar-refractivity contribution in [1.29, 1.82) is 0 Å². The summed E-state index contributed by atoms with van der Waals surface area (Å²) in [5.41, 5.74) is 5.50. The number of rotatable bonds is 1. The highest BCUT2D eigenvalue weighted by Crippen LogP contribution is 2.32. The molecule has 6 heteroatoms. The fourth-order valence-corrected chi connectivity index (χ4v) is 1.81. The van der Waals surface area contributed by atoms with Gasteiger partial charge in [0, 0.05) is 5.56 Å². The third kappa shape index (κ3) is 2.33. The van der Waals surface area contributed by atoms with Crippen molar-refractivity contribution in [3.63, 3.8) is 0 Å². The molecular weight excluding hydrogens is 269 g/mol. The second-order valence-electron chi connectivity index (χ2n) is 3.31. The number of anilines is 1. The summed E-state index contributed by atoms with van der Waals surface area (Å²) in [6.45, 7) is 0. The van der Waals surface area contributed by atoms with Gasteiger partial charge < -0.3 is 5.73 Å². The molecule has 0 aliphatic heterocycles. The molecule has 2 rings (SSSR count). The lowest BCUT2D eigenvalue weighted by Crippen LogP contribution is -1.96. The summed E-state index contributed by atoms with van der Waals surface area (Å²) in [5.74, 6) is -1.22. The predicted octanol–water partition coefficient (Wildman–Crippen LogP) is 3.92. The average Bonchev–Trinajstić information content (AvgIpc) is 2.27. The van der Waals surface area contributed by atoms with Gasteiger partial charge in [0.15, 0.2) is 0 Å². The van der Waals surface area contributed by atoms with Gasteiger partial charge in [-0.25, -0.2) is 13.8 Å². The van der Waals surface area contributed by atoms with Crippen LogP contribution in [-0.2, 0) is 0 Å². The fourth-order valence-electron chi connectivity index (χ4n) is 1.35. The van der Waals surface area contributed by atoms with E-state index in [4.69, 9.17) is 28.9 Å². The Kier molecular flexibility index (Phi) is 3.17. The third-order valence-electron chi connectivity index (χ3n) is 2.14. The summed E-state index contributed by atoms with van der Waals surface area (Å²) in [7, 11) is 0. The van der Waals surface area contributed by atoms with Crippen molar-refractivity contribution in [2.45, 2.75) is 0 Å². The van der Waals surface area contributed by atoms with E-state index in [0.29, 0.717) is 0 Å². The summed E-state index contributed by atoms with van der Waals surface area (Å²) < 4.78 is 26.6. The molecule has 1 aromatic carbocycles. The number of aromatic nitrogens is 1. The Bertz CT molecular complexity index is 588. The Morgan fingerprint density at radius 1 is 1.06 bits per heavy atom. The highest BCUT2D eigenvalue weighted by atomic mass is 35.5. The van der Waals surface area contributed by atoms with E-state index in [1.165, 1.54) is 6.07 Å². The largest absolute Gasteiger partial charge is 0.382 e. The predicted molar refractivity (Wildman–Crippen MR) is 64.0 cm³/mol. The third-order valence-corrected chi connectivity index (χ3v) is 2.73. The maximum atomic E-state index is 13.5. The van der Waals surface area contributed by atoms with E-state index in [0.717, 1.165) is 18.2 Å². The quantitative estimate of drug-likeness (QED) is 0.856. The molecule has 88 valence electrons. The van der Waals surface area contributed by atoms with Gasteiger partial charge >= 0.3 is 0 Å². The zero-order valence-corrected chi connectivity index (χ0v) is 9.86. The summed E-state index contributed by atoms with van der Waals surface area (Å²) in [5, 5.41) is 0.268. The molecule has 0 fully saturated rings. The molecule has 0 amide bonds. The van der Waals surface area contributed by atoms with Crippen LogP contribution in [0.5, 0.6) is 0 Å². The number of pyridine rings is 1. The molecule has 0 spiro atoms. The Balaban J connectivity index is 2.68. The van der Waals surface area contributed by atoms with E-state index in [1.54, 1.807) is 0 Å². The van der Waals surface area contributed by atoms with Gasteiger partial charge in [0.25, 0.3) is 0 Å². The zero-order chi connectivity index (χ0) is 12.6. The lowest BCUT2D eigenvalue weighted by molar-refractivity contribution is 0.602. The minimum absolute atomic E-state index is 0.00901. The molecule has 0 radical (unpaired) electrons. The van der Waals surface area contributed by atoms with Crippen molar-refractivity contribution in [3.8, 4) is 11.3 Å². The van der Waals surface area contributed by atoms with Gasteiger partial charge in [0.05, 0.1) is 15.7 Å². The van der Waals surface area contributed by atoms with E-state index in [2.05, 4.69) is 4.98 Å². The molecule has 0 unspecified atom stereocenters. The van der Waals surface area contributed by atoms with Crippen LogP contribution in [0.3, 0.4) is 0 Å². The van der Waals surface area contributed by atoms with Crippen molar-refractivity contribution in [2.75, 3.05) is 5.73 Å². The van der Waals surface area contributed by atoms with Gasteiger partial charge in [0.1, 0.15) is 17.5 Å². The minimum Gasteiger partial charge on any atom is -0.382 e. The van der Waals surface area contributed by atoms with Gasteiger partial charge in [-0.05, 0) is 24.3 Å². The molecule has 0 saturated heterocycles. The smallest absolute Gasteiger partial charge is 0.143 e. The molecule has 2 aromatic rings. The van der Waals surface area contributed by atoms with Gasteiger partial charge in [-0.1, -0.05) is 23.2 Å². The number of nitrogen functional groups attached to an aromatic ring is 1.